The highest BCUT2D eigenvalue weighted by Gasteiger charge is 2.34. The fourth-order valence-corrected chi connectivity index (χ4v) is 4.40. The van der Waals surface area contributed by atoms with E-state index in [1.165, 1.54) is 12.0 Å². The van der Waals surface area contributed by atoms with Crippen LogP contribution in [0.2, 0.25) is 0 Å². The van der Waals surface area contributed by atoms with Crippen molar-refractivity contribution >= 4 is 5.78 Å². The molecule has 1 aromatic carbocycles. The Kier molecular flexibility index (Phi) is 5.34. The molecule has 2 heterocycles. The van der Waals surface area contributed by atoms with Gasteiger partial charge in [-0.25, -0.2) is 4.98 Å². The molecule has 0 radical (unpaired) electrons. The van der Waals surface area contributed by atoms with Crippen molar-refractivity contribution in [2.24, 2.45) is 5.73 Å². The first-order valence-corrected chi connectivity index (χ1v) is 10.9. The van der Waals surface area contributed by atoms with E-state index in [1.807, 2.05) is 12.3 Å². The second kappa shape index (κ2) is 8.29. The first-order valence-electron chi connectivity index (χ1n) is 10.9. The largest absolute Gasteiger partial charge is 0.475 e. The molecule has 2 aliphatic carbocycles. The molecule has 0 aliphatic heterocycles. The number of hydrogen-bond donors (Lipinski definition) is 1. The minimum Gasteiger partial charge on any atom is -0.475 e. The summed E-state index contributed by atoms with van der Waals surface area (Å²) < 4.78 is 12.8. The van der Waals surface area contributed by atoms with Crippen molar-refractivity contribution in [1.29, 1.82) is 0 Å². The number of nitrogens with two attached hydrogens (primary N) is 1. The van der Waals surface area contributed by atoms with Crippen molar-refractivity contribution in [3.05, 3.63) is 72.1 Å². The van der Waals surface area contributed by atoms with E-state index >= 15 is 0 Å². The van der Waals surface area contributed by atoms with Gasteiger partial charge in [-0.1, -0.05) is 48.6 Å². The van der Waals surface area contributed by atoms with Crippen LogP contribution < -0.4 is 10.5 Å². The third kappa shape index (κ3) is 3.77. The lowest BCUT2D eigenvalue weighted by Gasteiger charge is -2.38. The second-order valence-corrected chi connectivity index (χ2v) is 8.36. The van der Waals surface area contributed by atoms with Gasteiger partial charge in [0.25, 0.3) is 0 Å². The molecule has 31 heavy (non-hydrogen) atoms. The fourth-order valence-electron chi connectivity index (χ4n) is 4.40. The quantitative estimate of drug-likeness (QED) is 0.579. The molecule has 5 rings (SSSR count). The summed E-state index contributed by atoms with van der Waals surface area (Å²) in [5.74, 6) is 1.43. The summed E-state index contributed by atoms with van der Waals surface area (Å²) in [5.41, 5.74) is 10.7. The highest BCUT2D eigenvalue weighted by Crippen LogP contribution is 2.40. The van der Waals surface area contributed by atoms with Gasteiger partial charge in [-0.2, -0.15) is 4.98 Å². The van der Waals surface area contributed by atoms with Gasteiger partial charge in [-0.15, -0.1) is 0 Å². The van der Waals surface area contributed by atoms with Crippen molar-refractivity contribution in [1.82, 2.24) is 14.4 Å². The topological polar surface area (TPSA) is 74.7 Å². The van der Waals surface area contributed by atoms with Gasteiger partial charge >= 0.3 is 0 Å². The van der Waals surface area contributed by atoms with Gasteiger partial charge in [0.15, 0.2) is 0 Å². The van der Waals surface area contributed by atoms with E-state index in [1.54, 1.807) is 7.11 Å². The summed E-state index contributed by atoms with van der Waals surface area (Å²) in [5, 5.41) is 0. The van der Waals surface area contributed by atoms with E-state index in [4.69, 9.17) is 20.2 Å². The van der Waals surface area contributed by atoms with Crippen molar-refractivity contribution in [2.75, 3.05) is 20.3 Å². The number of aromatic nitrogens is 3. The number of imidazole rings is 1. The number of nitrogens with zero attached hydrogens (tertiary/aromatic N) is 3. The maximum Gasteiger partial charge on any atom is 0.237 e. The monoisotopic (exact) mass is 416 g/mol. The molecule has 3 aromatic rings. The Bertz CT molecular complexity index is 1130. The van der Waals surface area contributed by atoms with Crippen LogP contribution in [0, 0.1) is 0 Å². The van der Waals surface area contributed by atoms with Gasteiger partial charge in [-0.3, -0.25) is 4.40 Å². The number of rotatable bonds is 7. The Labute approximate surface area is 182 Å². The maximum absolute atomic E-state index is 6.52. The molecule has 0 amide bonds. The predicted octanol–water partition coefficient (Wildman–Crippen LogP) is 4.36. The minimum atomic E-state index is -0.160. The SMILES string of the molecule is COCCOc1ccn2c(C3C=CC=CC3)c(-c3ccc(C4(N)CCC4)cc3)nc2n1. The Morgan fingerprint density at radius 2 is 1.94 bits per heavy atom. The van der Waals surface area contributed by atoms with E-state index in [-0.39, 0.29) is 11.5 Å². The van der Waals surface area contributed by atoms with Crippen LogP contribution in [-0.4, -0.2) is 34.7 Å². The average molecular weight is 417 g/mol. The molecular formula is C25H28N4O2. The van der Waals surface area contributed by atoms with E-state index in [0.29, 0.717) is 24.9 Å². The van der Waals surface area contributed by atoms with Gasteiger partial charge in [0.1, 0.15) is 6.61 Å². The van der Waals surface area contributed by atoms with Crippen LogP contribution in [-0.2, 0) is 10.3 Å². The Hall–Kier alpha value is -2.96. The zero-order valence-electron chi connectivity index (χ0n) is 17.8. The molecule has 160 valence electrons. The van der Waals surface area contributed by atoms with Crippen molar-refractivity contribution in [2.45, 2.75) is 37.1 Å². The molecule has 2 aromatic heterocycles. The lowest BCUT2D eigenvalue weighted by atomic mass is 9.72. The summed E-state index contributed by atoms with van der Waals surface area (Å²) in [6, 6.07) is 10.5. The lowest BCUT2D eigenvalue weighted by Crippen LogP contribution is -2.43. The molecule has 0 bridgehead atoms. The second-order valence-electron chi connectivity index (χ2n) is 8.36. The first-order chi connectivity index (χ1) is 15.2. The molecule has 0 spiro atoms. The van der Waals surface area contributed by atoms with E-state index < -0.39 is 0 Å². The van der Waals surface area contributed by atoms with Gasteiger partial charge in [0, 0.05) is 36.4 Å². The predicted molar refractivity (Wildman–Crippen MR) is 121 cm³/mol. The summed E-state index contributed by atoms with van der Waals surface area (Å²) >= 11 is 0. The Morgan fingerprint density at radius 1 is 1.10 bits per heavy atom. The molecule has 1 unspecified atom stereocenters. The van der Waals surface area contributed by atoms with E-state index in [0.717, 1.165) is 36.2 Å². The number of allylic oxidation sites excluding steroid dienone is 4. The molecule has 2 aliphatic rings. The Balaban J connectivity index is 1.55. The summed E-state index contributed by atoms with van der Waals surface area (Å²) in [7, 11) is 1.65. The summed E-state index contributed by atoms with van der Waals surface area (Å²) in [6.45, 7) is 0.977. The van der Waals surface area contributed by atoms with Crippen LogP contribution >= 0.6 is 0 Å². The molecule has 6 nitrogen and oxygen atoms in total. The molecule has 1 saturated carbocycles. The number of methoxy groups -OCH3 is 1. The summed E-state index contributed by atoms with van der Waals surface area (Å²) in [6.07, 6.45) is 14.9. The fraction of sp³-hybridized carbons (Fsp3) is 0.360. The number of fused-ring (bicyclic) bond motifs is 1. The molecule has 1 atom stereocenters. The molecule has 0 saturated heterocycles. The van der Waals surface area contributed by atoms with Crippen LogP contribution in [0.1, 0.15) is 42.9 Å². The standard InChI is InChI=1S/C25H28N4O2/c1-30-16-17-31-21-12-15-29-23(19-6-3-2-4-7-19)22(28-24(29)27-21)18-8-10-20(11-9-18)25(26)13-5-14-25/h2-4,6,8-12,15,19H,5,7,13-14,16-17,26H2,1H3. The number of ether oxygens (including phenoxy) is 2. The van der Waals surface area contributed by atoms with Crippen LogP contribution in [0.15, 0.2) is 60.8 Å². The molecule has 1 fully saturated rings. The lowest BCUT2D eigenvalue weighted by molar-refractivity contribution is 0.144. The zero-order valence-corrected chi connectivity index (χ0v) is 17.8. The highest BCUT2D eigenvalue weighted by atomic mass is 16.5. The number of hydrogen-bond acceptors (Lipinski definition) is 5. The van der Waals surface area contributed by atoms with Crippen LogP contribution in [0.25, 0.3) is 17.0 Å². The van der Waals surface area contributed by atoms with Gasteiger partial charge < -0.3 is 15.2 Å². The normalized spacial score (nSPS) is 19.5. The van der Waals surface area contributed by atoms with E-state index in [9.17, 15) is 0 Å². The van der Waals surface area contributed by atoms with E-state index in [2.05, 4.69) is 58.0 Å². The maximum atomic E-state index is 6.52. The van der Waals surface area contributed by atoms with Gasteiger partial charge in [0.05, 0.1) is 18.0 Å². The molecule has 6 heteroatoms. The highest BCUT2D eigenvalue weighted by molar-refractivity contribution is 5.67. The van der Waals surface area contributed by atoms with Gasteiger partial charge in [0.2, 0.25) is 11.7 Å². The van der Waals surface area contributed by atoms with Crippen molar-refractivity contribution in [3.63, 3.8) is 0 Å². The molecule has 2 N–H and O–H groups in total. The van der Waals surface area contributed by atoms with Crippen LogP contribution in [0.3, 0.4) is 0 Å². The minimum absolute atomic E-state index is 0.160. The van der Waals surface area contributed by atoms with Crippen molar-refractivity contribution < 1.29 is 9.47 Å². The zero-order chi connectivity index (χ0) is 21.3. The van der Waals surface area contributed by atoms with Crippen LogP contribution in [0.5, 0.6) is 5.88 Å². The Morgan fingerprint density at radius 3 is 2.61 bits per heavy atom. The average Bonchev–Trinajstić information content (AvgIpc) is 3.17. The third-order valence-corrected chi connectivity index (χ3v) is 6.35. The molecular weight excluding hydrogens is 388 g/mol. The van der Waals surface area contributed by atoms with Gasteiger partial charge in [-0.05, 0) is 31.2 Å². The van der Waals surface area contributed by atoms with Crippen LogP contribution in [0.4, 0.5) is 0 Å². The third-order valence-electron chi connectivity index (χ3n) is 6.35. The summed E-state index contributed by atoms with van der Waals surface area (Å²) in [4.78, 5) is 9.56. The van der Waals surface area contributed by atoms with Crippen molar-refractivity contribution in [3.8, 4) is 17.1 Å². The number of benzene rings is 1. The first kappa shape index (κ1) is 20.0. The smallest absolute Gasteiger partial charge is 0.237 e.